The monoisotopic (exact) mass is 405 g/mol. The molecule has 6 nitrogen and oxygen atoms in total. The first-order valence-corrected chi connectivity index (χ1v) is 11.5. The normalized spacial score (nSPS) is 19.6. The molecule has 27 heavy (non-hydrogen) atoms. The largest absolute Gasteiger partial charge is 0.341 e. The summed E-state index contributed by atoms with van der Waals surface area (Å²) in [7, 11) is -1.35. The number of amides is 1. The highest BCUT2D eigenvalue weighted by atomic mass is 32.2. The van der Waals surface area contributed by atoms with Gasteiger partial charge in [-0.15, -0.1) is 0 Å². The molecule has 0 N–H and O–H groups in total. The predicted molar refractivity (Wildman–Crippen MR) is 107 cm³/mol. The van der Waals surface area contributed by atoms with Crippen LogP contribution in [0.4, 0.5) is 0 Å². The third-order valence-corrected chi connectivity index (χ3v) is 7.34. The van der Waals surface area contributed by atoms with E-state index in [2.05, 4.69) is 9.97 Å². The van der Waals surface area contributed by atoms with Crippen LogP contribution in [-0.4, -0.2) is 59.0 Å². The Kier molecular flexibility index (Phi) is 5.86. The highest BCUT2D eigenvalue weighted by Crippen LogP contribution is 2.26. The van der Waals surface area contributed by atoms with Gasteiger partial charge in [0.25, 0.3) is 0 Å². The van der Waals surface area contributed by atoms with Crippen molar-refractivity contribution in [3.63, 3.8) is 0 Å². The number of rotatable bonds is 5. The minimum atomic E-state index is -3.03. The maximum absolute atomic E-state index is 12.7. The highest BCUT2D eigenvalue weighted by Gasteiger charge is 2.34. The van der Waals surface area contributed by atoms with Gasteiger partial charge in [0.1, 0.15) is 0 Å². The molecule has 1 fully saturated rings. The first kappa shape index (κ1) is 19.8. The Morgan fingerprint density at radius 3 is 2.59 bits per heavy atom. The fraction of sp³-hybridized carbons (Fsp3) is 0.421. The number of carbonyl (C=O) groups is 1. The third kappa shape index (κ3) is 4.87. The van der Waals surface area contributed by atoms with Gasteiger partial charge in [0.15, 0.2) is 15.0 Å². The number of thioether (sulfide) groups is 1. The second-order valence-electron chi connectivity index (χ2n) is 6.81. The summed E-state index contributed by atoms with van der Waals surface area (Å²) in [5.74, 6) is 0.0951. The molecule has 1 aliphatic heterocycles. The van der Waals surface area contributed by atoms with Crippen molar-refractivity contribution in [2.24, 2.45) is 0 Å². The summed E-state index contributed by atoms with van der Waals surface area (Å²) in [5, 5.41) is 0.144. The third-order valence-electron chi connectivity index (χ3n) is 4.64. The molecule has 8 heteroatoms. The second-order valence-corrected chi connectivity index (χ2v) is 10.3. The van der Waals surface area contributed by atoms with Crippen molar-refractivity contribution in [2.45, 2.75) is 36.7 Å². The van der Waals surface area contributed by atoms with Gasteiger partial charge < -0.3 is 4.90 Å². The number of sulfone groups is 1. The van der Waals surface area contributed by atoms with Crippen LogP contribution in [0.2, 0.25) is 0 Å². The van der Waals surface area contributed by atoms with E-state index < -0.39 is 15.1 Å². The summed E-state index contributed by atoms with van der Waals surface area (Å²) in [5.41, 5.74) is 2.65. The van der Waals surface area contributed by atoms with Crippen LogP contribution in [0, 0.1) is 6.92 Å². The van der Waals surface area contributed by atoms with Gasteiger partial charge in [-0.3, -0.25) is 4.79 Å². The lowest BCUT2D eigenvalue weighted by molar-refractivity contribution is -0.130. The van der Waals surface area contributed by atoms with Crippen LogP contribution in [0.25, 0.3) is 11.3 Å². The fourth-order valence-corrected chi connectivity index (χ4v) is 5.81. The van der Waals surface area contributed by atoms with Crippen LogP contribution in [0.3, 0.4) is 0 Å². The lowest BCUT2D eigenvalue weighted by Crippen LogP contribution is -2.41. The van der Waals surface area contributed by atoms with E-state index in [0.29, 0.717) is 11.6 Å². The minimum Gasteiger partial charge on any atom is -0.341 e. The summed E-state index contributed by atoms with van der Waals surface area (Å²) in [4.78, 5) is 23.3. The van der Waals surface area contributed by atoms with Crippen LogP contribution < -0.4 is 0 Å². The molecule has 1 aromatic carbocycles. The molecule has 1 aromatic heterocycles. The second kappa shape index (κ2) is 7.98. The molecule has 0 saturated carbocycles. The minimum absolute atomic E-state index is 0.0473. The Morgan fingerprint density at radius 2 is 1.96 bits per heavy atom. The quantitative estimate of drug-likeness (QED) is 0.562. The molecule has 1 aliphatic rings. The predicted octanol–water partition coefficient (Wildman–Crippen LogP) is 2.58. The molecule has 0 aliphatic carbocycles. The number of benzene rings is 1. The molecule has 2 unspecified atom stereocenters. The van der Waals surface area contributed by atoms with Crippen molar-refractivity contribution in [3.05, 3.63) is 42.1 Å². The van der Waals surface area contributed by atoms with Crippen LogP contribution in [0.15, 0.2) is 41.6 Å². The zero-order valence-electron chi connectivity index (χ0n) is 15.6. The molecular formula is C19H23N3O3S2. The molecular weight excluding hydrogens is 382 g/mol. The van der Waals surface area contributed by atoms with E-state index in [1.54, 1.807) is 18.9 Å². The van der Waals surface area contributed by atoms with Crippen molar-refractivity contribution < 1.29 is 13.2 Å². The molecule has 1 amide bonds. The number of aromatic nitrogens is 2. The molecule has 0 bridgehead atoms. The van der Waals surface area contributed by atoms with Gasteiger partial charge in [0.2, 0.25) is 5.91 Å². The molecule has 2 heterocycles. The van der Waals surface area contributed by atoms with E-state index in [-0.39, 0.29) is 23.5 Å². The Hall–Kier alpha value is -1.93. The SMILES string of the molecule is Cc1cc(-c2ccccc2)nc(SC(C)C(=O)N(C)C2CCS(=O)(=O)C2)n1. The van der Waals surface area contributed by atoms with Gasteiger partial charge in [0, 0.05) is 24.3 Å². The van der Waals surface area contributed by atoms with Gasteiger partial charge in [-0.05, 0) is 26.3 Å². The van der Waals surface area contributed by atoms with Gasteiger partial charge in [-0.1, -0.05) is 42.1 Å². The van der Waals surface area contributed by atoms with Crippen LogP contribution in [0.5, 0.6) is 0 Å². The van der Waals surface area contributed by atoms with Gasteiger partial charge in [-0.25, -0.2) is 18.4 Å². The highest BCUT2D eigenvalue weighted by molar-refractivity contribution is 8.00. The maximum Gasteiger partial charge on any atom is 0.235 e. The van der Waals surface area contributed by atoms with Gasteiger partial charge in [-0.2, -0.15) is 0 Å². The van der Waals surface area contributed by atoms with Crippen molar-refractivity contribution in [1.29, 1.82) is 0 Å². The van der Waals surface area contributed by atoms with Gasteiger partial charge in [0.05, 0.1) is 22.4 Å². The first-order valence-electron chi connectivity index (χ1n) is 8.80. The van der Waals surface area contributed by atoms with Crippen molar-refractivity contribution >= 4 is 27.5 Å². The van der Waals surface area contributed by atoms with E-state index >= 15 is 0 Å². The fourth-order valence-electron chi connectivity index (χ4n) is 3.11. The van der Waals surface area contributed by atoms with E-state index in [4.69, 9.17) is 0 Å². The zero-order chi connectivity index (χ0) is 19.6. The van der Waals surface area contributed by atoms with E-state index in [1.165, 1.54) is 11.8 Å². The zero-order valence-corrected chi connectivity index (χ0v) is 17.3. The van der Waals surface area contributed by atoms with Gasteiger partial charge >= 0.3 is 0 Å². The molecule has 3 rings (SSSR count). The Morgan fingerprint density at radius 1 is 1.26 bits per heavy atom. The lowest BCUT2D eigenvalue weighted by Gasteiger charge is -2.26. The van der Waals surface area contributed by atoms with Crippen molar-refractivity contribution in [3.8, 4) is 11.3 Å². The number of aryl methyl sites for hydroxylation is 1. The number of carbonyl (C=O) groups excluding carboxylic acids is 1. The average molecular weight is 406 g/mol. The topological polar surface area (TPSA) is 80.2 Å². The summed E-state index contributed by atoms with van der Waals surface area (Å²) < 4.78 is 23.4. The summed E-state index contributed by atoms with van der Waals surface area (Å²) >= 11 is 1.30. The molecule has 0 spiro atoms. The molecule has 2 atom stereocenters. The smallest absolute Gasteiger partial charge is 0.235 e. The Balaban J connectivity index is 1.73. The molecule has 144 valence electrons. The Labute approximate surface area is 164 Å². The number of hydrogen-bond acceptors (Lipinski definition) is 6. The maximum atomic E-state index is 12.7. The van der Waals surface area contributed by atoms with Crippen LogP contribution in [-0.2, 0) is 14.6 Å². The Bertz CT molecular complexity index is 932. The standard InChI is InChI=1S/C19H23N3O3S2/c1-13-11-17(15-7-5-4-6-8-15)21-19(20-13)26-14(2)18(23)22(3)16-9-10-27(24,25)12-16/h4-8,11,14,16H,9-10,12H2,1-3H3. The molecule has 2 aromatic rings. The molecule has 0 radical (unpaired) electrons. The number of nitrogens with zero attached hydrogens (tertiary/aromatic N) is 3. The van der Waals surface area contributed by atoms with Crippen molar-refractivity contribution in [1.82, 2.24) is 14.9 Å². The summed E-state index contributed by atoms with van der Waals surface area (Å²) in [6.07, 6.45) is 0.501. The summed E-state index contributed by atoms with van der Waals surface area (Å²) in [6.45, 7) is 3.71. The lowest BCUT2D eigenvalue weighted by atomic mass is 10.1. The van der Waals surface area contributed by atoms with Crippen LogP contribution >= 0.6 is 11.8 Å². The van der Waals surface area contributed by atoms with Crippen LogP contribution in [0.1, 0.15) is 19.0 Å². The first-order chi connectivity index (χ1) is 12.7. The van der Waals surface area contributed by atoms with E-state index in [0.717, 1.165) is 17.0 Å². The van der Waals surface area contributed by atoms with Crippen molar-refractivity contribution in [2.75, 3.05) is 18.6 Å². The molecule has 1 saturated heterocycles. The summed E-state index contributed by atoms with van der Waals surface area (Å²) in [6, 6.07) is 11.5. The van der Waals surface area contributed by atoms with E-state index in [9.17, 15) is 13.2 Å². The van der Waals surface area contributed by atoms with E-state index in [1.807, 2.05) is 43.3 Å². The average Bonchev–Trinajstić information content (AvgIpc) is 3.00. The number of hydrogen-bond donors (Lipinski definition) is 0.